The molecule has 1 atom stereocenters. The highest BCUT2D eigenvalue weighted by atomic mass is 32.2. The Morgan fingerprint density at radius 2 is 1.94 bits per heavy atom. The van der Waals surface area contributed by atoms with Gasteiger partial charge in [0.15, 0.2) is 5.71 Å². The van der Waals surface area contributed by atoms with Crippen molar-refractivity contribution < 1.29 is 45.5 Å². The zero-order chi connectivity index (χ0) is 24.0. The maximum absolute atomic E-state index is 14.7. The van der Waals surface area contributed by atoms with Crippen molar-refractivity contribution in [2.24, 2.45) is 0 Å². The molecule has 1 saturated heterocycles. The van der Waals surface area contributed by atoms with E-state index in [1.807, 2.05) is 19.9 Å². The van der Waals surface area contributed by atoms with Crippen LogP contribution >= 0.6 is 0 Å². The number of allylic oxidation sites excluding steroid dienone is 2. The van der Waals surface area contributed by atoms with E-state index in [9.17, 15) is 36.1 Å². The molecule has 3 N–H and O–H groups in total. The first kappa shape index (κ1) is 26.0. The first-order chi connectivity index (χ1) is 14.8. The van der Waals surface area contributed by atoms with Gasteiger partial charge in [0.1, 0.15) is 15.4 Å². The van der Waals surface area contributed by atoms with Crippen LogP contribution < -0.4 is 6.15 Å². The zero-order valence-electron chi connectivity index (χ0n) is 17.9. The third-order valence-electron chi connectivity index (χ3n) is 5.16. The average Bonchev–Trinajstić information content (AvgIpc) is 3.32. The molecule has 0 radical (unpaired) electrons. The number of carbonyl (C=O) groups excluding carboxylic acids is 3. The van der Waals surface area contributed by atoms with Gasteiger partial charge in [0.05, 0.1) is 12.1 Å². The van der Waals surface area contributed by atoms with Crippen LogP contribution in [0, 0.1) is 13.8 Å². The van der Waals surface area contributed by atoms with E-state index in [1.165, 1.54) is 0 Å². The first-order valence-electron chi connectivity index (χ1n) is 9.39. The Morgan fingerprint density at radius 1 is 1.30 bits per heavy atom. The van der Waals surface area contributed by atoms with Crippen LogP contribution in [0.5, 0.6) is 0 Å². The minimum Gasteiger partial charge on any atom is -0.747 e. The molecule has 0 bridgehead atoms. The fraction of sp³-hybridized carbons (Fsp3) is 0.368. The van der Waals surface area contributed by atoms with Gasteiger partial charge in [-0.2, -0.15) is 0 Å². The SMILES string of the molecule is CCC1=[N+]2C(=Cc3c(C)cc(C)n3C2(F)F)C=C1.N.O=CON1C(=O)CC(S(=O)(=O)[O-])C1=O. The van der Waals surface area contributed by atoms with Crippen LogP contribution in [0.25, 0.3) is 6.08 Å². The lowest BCUT2D eigenvalue weighted by atomic mass is 10.2. The van der Waals surface area contributed by atoms with E-state index in [2.05, 4.69) is 4.84 Å². The quantitative estimate of drug-likeness (QED) is 0.218. The Hall–Kier alpha value is -3.23. The Morgan fingerprint density at radius 3 is 2.45 bits per heavy atom. The molecular formula is C19H22F2N4O7S. The van der Waals surface area contributed by atoms with E-state index in [-0.39, 0.29) is 17.7 Å². The summed E-state index contributed by atoms with van der Waals surface area (Å²) in [6.45, 7) is 5.26. The smallest absolute Gasteiger partial charge is 0.565 e. The number of carbonyl (C=O) groups is 3. The van der Waals surface area contributed by atoms with E-state index >= 15 is 0 Å². The molecule has 14 heteroatoms. The van der Waals surface area contributed by atoms with Crippen LogP contribution in [0.4, 0.5) is 8.78 Å². The number of aryl methyl sites for hydroxylation is 2. The van der Waals surface area contributed by atoms with E-state index in [1.54, 1.807) is 25.1 Å². The monoisotopic (exact) mass is 488 g/mol. The highest BCUT2D eigenvalue weighted by Gasteiger charge is 2.54. The standard InChI is InChI=1S/C14H15F2N2.C5H5NO7S.H3N/c1-4-11-5-6-12-8-13-9(2)7-10(3)17(13)14(15,16)18(11)12;7-2-13-6-4(8)1-3(5(6)9)14(10,11)12;/h5-8H,4H2,1-3H3;2-3H,1H2,(H,10,11,12);1H3/q+1;;/p-1. The number of hydrogen-bond donors (Lipinski definition) is 1. The summed E-state index contributed by atoms with van der Waals surface area (Å²) in [6.07, 6.45) is 2.15. The highest BCUT2D eigenvalue weighted by molar-refractivity contribution is 7.87. The summed E-state index contributed by atoms with van der Waals surface area (Å²) in [5.74, 6) is -2.37. The molecular weight excluding hydrogens is 466 g/mol. The Balaban J connectivity index is 0.000000235. The number of hydrogen-bond acceptors (Lipinski definition) is 8. The molecule has 11 nitrogen and oxygen atoms in total. The fourth-order valence-electron chi connectivity index (χ4n) is 3.77. The number of nitrogens with zero attached hydrogens (tertiary/aromatic N) is 3. The van der Waals surface area contributed by atoms with Gasteiger partial charge in [-0.25, -0.2) is 13.0 Å². The summed E-state index contributed by atoms with van der Waals surface area (Å²) >= 11 is 0. The van der Waals surface area contributed by atoms with Gasteiger partial charge >= 0.3 is 12.6 Å². The lowest BCUT2D eigenvalue weighted by Gasteiger charge is -2.22. The van der Waals surface area contributed by atoms with Gasteiger partial charge in [0.25, 0.3) is 11.8 Å². The molecule has 4 heterocycles. The normalized spacial score (nSPS) is 20.5. The molecule has 180 valence electrons. The van der Waals surface area contributed by atoms with Crippen LogP contribution in [0.2, 0.25) is 0 Å². The number of fused-ring (bicyclic) bond motifs is 2. The van der Waals surface area contributed by atoms with Crippen molar-refractivity contribution in [3.63, 3.8) is 0 Å². The van der Waals surface area contributed by atoms with Crippen LogP contribution in [0.15, 0.2) is 23.9 Å². The van der Waals surface area contributed by atoms with Crippen LogP contribution in [0.3, 0.4) is 0 Å². The Labute approximate surface area is 187 Å². The second kappa shape index (κ2) is 8.96. The molecule has 2 amide bonds. The lowest BCUT2D eigenvalue weighted by molar-refractivity contribution is -0.674. The van der Waals surface area contributed by atoms with E-state index in [4.69, 9.17) is 0 Å². The average molecular weight is 488 g/mol. The first-order valence-corrected chi connectivity index (χ1v) is 10.9. The number of aromatic nitrogens is 1. The number of amides is 2. The summed E-state index contributed by atoms with van der Waals surface area (Å²) in [6, 6.07) is 1.80. The predicted molar refractivity (Wildman–Crippen MR) is 109 cm³/mol. The molecule has 0 aliphatic carbocycles. The van der Waals surface area contributed by atoms with Gasteiger partial charge < -0.3 is 15.5 Å². The second-order valence-corrected chi connectivity index (χ2v) is 8.75. The van der Waals surface area contributed by atoms with Gasteiger partial charge in [-0.1, -0.05) is 6.92 Å². The van der Waals surface area contributed by atoms with Gasteiger partial charge in [-0.15, -0.1) is 18.4 Å². The van der Waals surface area contributed by atoms with Crippen molar-refractivity contribution in [3.8, 4) is 0 Å². The maximum Gasteiger partial charge on any atom is 0.565 e. The largest absolute Gasteiger partial charge is 0.747 e. The molecule has 1 aromatic rings. The topological polar surface area (TPSA) is 164 Å². The van der Waals surface area contributed by atoms with Gasteiger partial charge in [-0.3, -0.25) is 14.4 Å². The number of alkyl halides is 2. The summed E-state index contributed by atoms with van der Waals surface area (Å²) in [4.78, 5) is 35.6. The van der Waals surface area contributed by atoms with Crippen LogP contribution in [0.1, 0.15) is 36.7 Å². The summed E-state index contributed by atoms with van der Waals surface area (Å²) in [5.41, 5.74) is 3.31. The van der Waals surface area contributed by atoms with E-state index in [0.717, 1.165) is 14.7 Å². The van der Waals surface area contributed by atoms with Crippen LogP contribution in [-0.4, -0.2) is 56.4 Å². The molecule has 3 aliphatic heterocycles. The minimum atomic E-state index is -4.89. The molecule has 0 spiro atoms. The lowest BCUT2D eigenvalue weighted by Crippen LogP contribution is -2.41. The minimum absolute atomic E-state index is 0. The van der Waals surface area contributed by atoms with E-state index < -0.39 is 39.8 Å². The summed E-state index contributed by atoms with van der Waals surface area (Å²) in [5, 5.41) is -2.03. The van der Waals surface area contributed by atoms with Crippen molar-refractivity contribution in [3.05, 3.63) is 40.9 Å². The predicted octanol–water partition coefficient (Wildman–Crippen LogP) is 1.31. The highest BCUT2D eigenvalue weighted by Crippen LogP contribution is 2.39. The molecule has 33 heavy (non-hydrogen) atoms. The van der Waals surface area contributed by atoms with Crippen molar-refractivity contribution >= 4 is 40.2 Å². The number of hydroxylamine groups is 2. The number of imide groups is 1. The maximum atomic E-state index is 14.7. The molecule has 0 saturated carbocycles. The zero-order valence-corrected chi connectivity index (χ0v) is 18.8. The Kier molecular flexibility index (Phi) is 7.06. The molecule has 0 aromatic carbocycles. The second-order valence-electron chi connectivity index (χ2n) is 7.20. The third-order valence-corrected chi connectivity index (χ3v) is 6.22. The molecule has 4 rings (SSSR count). The number of halogens is 2. The molecule has 1 aromatic heterocycles. The summed E-state index contributed by atoms with van der Waals surface area (Å²) in [7, 11) is -4.89. The van der Waals surface area contributed by atoms with Gasteiger partial charge in [0, 0.05) is 30.3 Å². The van der Waals surface area contributed by atoms with Crippen molar-refractivity contribution in [2.75, 3.05) is 0 Å². The van der Waals surface area contributed by atoms with E-state index in [0.29, 0.717) is 29.2 Å². The molecule has 1 unspecified atom stereocenters. The van der Waals surface area contributed by atoms with Crippen molar-refractivity contribution in [2.45, 2.75) is 45.0 Å². The molecule has 3 aliphatic rings. The summed E-state index contributed by atoms with van der Waals surface area (Å²) < 4.78 is 62.9. The number of rotatable bonds is 4. The van der Waals surface area contributed by atoms with Crippen molar-refractivity contribution in [1.82, 2.24) is 15.8 Å². The third kappa shape index (κ3) is 4.36. The Bertz CT molecular complexity index is 1210. The van der Waals surface area contributed by atoms with Gasteiger partial charge in [-0.05, 0) is 25.5 Å². The van der Waals surface area contributed by atoms with Crippen molar-refractivity contribution in [1.29, 1.82) is 0 Å². The molecule has 1 fully saturated rings. The van der Waals surface area contributed by atoms with Crippen LogP contribution in [-0.2, 0) is 35.5 Å². The van der Waals surface area contributed by atoms with Gasteiger partial charge in [0.2, 0.25) is 5.70 Å². The fourth-order valence-corrected chi connectivity index (χ4v) is 4.46.